The number of allylic oxidation sites excluding steroid dienone is 16. The van der Waals surface area contributed by atoms with Crippen LogP contribution in [0.25, 0.3) is 0 Å². The minimum absolute atomic E-state index is 0.343. The molecule has 246 valence electrons. The van der Waals surface area contributed by atoms with E-state index in [0.29, 0.717) is 23.4 Å². The first kappa shape index (κ1) is 37.7. The van der Waals surface area contributed by atoms with E-state index >= 15 is 0 Å². The van der Waals surface area contributed by atoms with Gasteiger partial charge < -0.3 is 10.2 Å². The maximum atomic E-state index is 11.3. The SMILES string of the molecule is CCCCCC1CC(O)=C(C/C=C(\C)CCC=C(C)C)C=C1C1=CC(C/C=C(\C)CCC=C(C)C)=C(O)CC1CCCCC. The molecule has 2 aliphatic rings. The van der Waals surface area contributed by atoms with E-state index in [2.05, 4.69) is 91.8 Å². The van der Waals surface area contributed by atoms with Gasteiger partial charge in [-0.2, -0.15) is 0 Å². The molecule has 2 rings (SSSR count). The second-order valence-electron chi connectivity index (χ2n) is 14.1. The average Bonchev–Trinajstić information content (AvgIpc) is 2.96. The summed E-state index contributed by atoms with van der Waals surface area (Å²) < 4.78 is 0. The van der Waals surface area contributed by atoms with Gasteiger partial charge in [0.25, 0.3) is 0 Å². The summed E-state index contributed by atoms with van der Waals surface area (Å²) in [6.45, 7) is 17.6. The molecule has 0 saturated carbocycles. The van der Waals surface area contributed by atoms with Crippen molar-refractivity contribution >= 4 is 0 Å². The number of hydrogen-bond acceptors (Lipinski definition) is 2. The standard InChI is InChI=1S/C42H66O2/c1-9-11-13-21-35-29-41(43)37(25-23-33(7)19-15-17-31(3)4)27-39(35)40-28-38(26-24-34(8)20-16-18-32(5)6)42(44)30-36(40)22-14-12-10-2/h17-18,23-24,27-28,35-36,43-44H,9-16,19-22,25-26,29-30H2,1-8H3/b33-23+,34-24+. The molecule has 0 heterocycles. The third-order valence-electron chi connectivity index (χ3n) is 9.33. The first-order valence-electron chi connectivity index (χ1n) is 17.9. The fraction of sp³-hybridized carbons (Fsp3) is 0.619. The molecule has 2 heteroatoms. The molecule has 0 radical (unpaired) electrons. The molecule has 0 aromatic rings. The Balaban J connectivity index is 2.44. The van der Waals surface area contributed by atoms with Crippen molar-refractivity contribution in [3.8, 4) is 0 Å². The lowest BCUT2D eigenvalue weighted by molar-refractivity contribution is 0.328. The van der Waals surface area contributed by atoms with Gasteiger partial charge in [-0.25, -0.2) is 0 Å². The van der Waals surface area contributed by atoms with E-state index in [1.165, 1.54) is 72.0 Å². The lowest BCUT2D eigenvalue weighted by Crippen LogP contribution is -2.21. The summed E-state index contributed by atoms with van der Waals surface area (Å²) in [6.07, 6.45) is 30.8. The highest BCUT2D eigenvalue weighted by atomic mass is 16.3. The summed E-state index contributed by atoms with van der Waals surface area (Å²) in [4.78, 5) is 0. The molecule has 0 saturated heterocycles. The number of hydrogen-bond donors (Lipinski definition) is 2. The van der Waals surface area contributed by atoms with Gasteiger partial charge in [-0.1, -0.05) is 111 Å². The molecule has 2 nitrogen and oxygen atoms in total. The van der Waals surface area contributed by atoms with Gasteiger partial charge in [-0.05, 0) is 127 Å². The smallest absolute Gasteiger partial charge is 0.0963 e. The fourth-order valence-electron chi connectivity index (χ4n) is 6.46. The summed E-state index contributed by atoms with van der Waals surface area (Å²) in [7, 11) is 0. The predicted molar refractivity (Wildman–Crippen MR) is 194 cm³/mol. The number of aliphatic hydroxyl groups is 2. The summed E-state index contributed by atoms with van der Waals surface area (Å²) in [6, 6.07) is 0. The second-order valence-corrected chi connectivity index (χ2v) is 14.1. The van der Waals surface area contributed by atoms with E-state index < -0.39 is 0 Å². The number of rotatable bonds is 19. The molecule has 0 aromatic heterocycles. The van der Waals surface area contributed by atoms with Crippen LogP contribution in [0.2, 0.25) is 0 Å². The van der Waals surface area contributed by atoms with Gasteiger partial charge in [0.1, 0.15) is 0 Å². The Hall–Kier alpha value is -2.48. The summed E-state index contributed by atoms with van der Waals surface area (Å²) >= 11 is 0. The Morgan fingerprint density at radius 2 is 1.00 bits per heavy atom. The normalized spacial score (nSPS) is 19.6. The highest BCUT2D eigenvalue weighted by Gasteiger charge is 2.31. The van der Waals surface area contributed by atoms with Crippen LogP contribution in [0.4, 0.5) is 0 Å². The molecule has 2 aliphatic carbocycles. The highest BCUT2D eigenvalue weighted by molar-refractivity contribution is 5.50. The van der Waals surface area contributed by atoms with Crippen molar-refractivity contribution in [1.29, 1.82) is 0 Å². The van der Waals surface area contributed by atoms with Crippen LogP contribution in [0.3, 0.4) is 0 Å². The van der Waals surface area contributed by atoms with Crippen molar-refractivity contribution in [2.24, 2.45) is 11.8 Å². The van der Waals surface area contributed by atoms with E-state index in [1.807, 2.05) is 0 Å². The quantitative estimate of drug-likeness (QED) is 0.114. The maximum absolute atomic E-state index is 11.3. The van der Waals surface area contributed by atoms with Crippen LogP contribution in [0.15, 0.2) is 92.6 Å². The fourth-order valence-corrected chi connectivity index (χ4v) is 6.46. The summed E-state index contributed by atoms with van der Waals surface area (Å²) in [5.74, 6) is 1.85. The Morgan fingerprint density at radius 3 is 1.34 bits per heavy atom. The van der Waals surface area contributed by atoms with Crippen LogP contribution < -0.4 is 0 Å². The Bertz CT molecular complexity index is 1060. The van der Waals surface area contributed by atoms with Crippen molar-refractivity contribution in [2.45, 2.75) is 158 Å². The lowest BCUT2D eigenvalue weighted by atomic mass is 9.72. The highest BCUT2D eigenvalue weighted by Crippen LogP contribution is 2.44. The van der Waals surface area contributed by atoms with Crippen molar-refractivity contribution < 1.29 is 10.2 Å². The zero-order valence-electron chi connectivity index (χ0n) is 29.8. The Labute approximate surface area is 272 Å². The first-order chi connectivity index (χ1) is 21.0. The molecule has 0 spiro atoms. The molecule has 0 aliphatic heterocycles. The first-order valence-corrected chi connectivity index (χ1v) is 17.9. The predicted octanol–water partition coefficient (Wildman–Crippen LogP) is 13.8. The zero-order chi connectivity index (χ0) is 32.5. The third-order valence-corrected chi connectivity index (χ3v) is 9.33. The molecule has 44 heavy (non-hydrogen) atoms. The molecule has 2 atom stereocenters. The molecular weight excluding hydrogens is 536 g/mol. The lowest BCUT2D eigenvalue weighted by Gasteiger charge is -2.34. The van der Waals surface area contributed by atoms with Crippen LogP contribution >= 0.6 is 0 Å². The summed E-state index contributed by atoms with van der Waals surface area (Å²) in [5, 5.41) is 22.5. The Morgan fingerprint density at radius 1 is 0.614 bits per heavy atom. The third kappa shape index (κ3) is 13.7. The molecular formula is C42H66O2. The van der Waals surface area contributed by atoms with Gasteiger partial charge >= 0.3 is 0 Å². The van der Waals surface area contributed by atoms with Gasteiger partial charge in [-0.3, -0.25) is 0 Å². The van der Waals surface area contributed by atoms with Crippen LogP contribution in [0.1, 0.15) is 158 Å². The van der Waals surface area contributed by atoms with Gasteiger partial charge in [0.2, 0.25) is 0 Å². The van der Waals surface area contributed by atoms with E-state index in [9.17, 15) is 10.2 Å². The van der Waals surface area contributed by atoms with Gasteiger partial charge in [-0.15, -0.1) is 0 Å². The Kier molecular flexibility index (Phi) is 17.6. The number of aliphatic hydroxyl groups excluding tert-OH is 2. The topological polar surface area (TPSA) is 40.5 Å². The van der Waals surface area contributed by atoms with Crippen molar-refractivity contribution in [3.05, 3.63) is 92.6 Å². The van der Waals surface area contributed by atoms with Crippen molar-refractivity contribution in [1.82, 2.24) is 0 Å². The van der Waals surface area contributed by atoms with Crippen LogP contribution in [-0.4, -0.2) is 10.2 Å². The molecule has 0 aromatic carbocycles. The van der Waals surface area contributed by atoms with Gasteiger partial charge in [0.15, 0.2) is 0 Å². The summed E-state index contributed by atoms with van der Waals surface area (Å²) in [5.41, 5.74) is 10.5. The molecule has 2 unspecified atom stereocenters. The molecule has 2 N–H and O–H groups in total. The van der Waals surface area contributed by atoms with E-state index in [1.54, 1.807) is 0 Å². The second kappa shape index (κ2) is 20.5. The minimum atomic E-state index is 0.343. The van der Waals surface area contributed by atoms with Gasteiger partial charge in [0, 0.05) is 12.8 Å². The zero-order valence-corrected chi connectivity index (χ0v) is 29.8. The monoisotopic (exact) mass is 603 g/mol. The van der Waals surface area contributed by atoms with Crippen LogP contribution in [0.5, 0.6) is 0 Å². The minimum Gasteiger partial charge on any atom is -0.512 e. The molecule has 0 bridgehead atoms. The largest absolute Gasteiger partial charge is 0.512 e. The van der Waals surface area contributed by atoms with Crippen LogP contribution in [-0.2, 0) is 0 Å². The molecule has 0 amide bonds. The number of unbranched alkanes of at least 4 members (excludes halogenated alkanes) is 4. The van der Waals surface area contributed by atoms with E-state index in [0.717, 1.165) is 75.4 Å². The average molecular weight is 603 g/mol. The maximum Gasteiger partial charge on any atom is 0.0963 e. The molecule has 0 fully saturated rings. The van der Waals surface area contributed by atoms with Crippen LogP contribution in [0, 0.1) is 11.8 Å². The van der Waals surface area contributed by atoms with Gasteiger partial charge in [0.05, 0.1) is 11.5 Å². The van der Waals surface area contributed by atoms with Crippen molar-refractivity contribution in [3.63, 3.8) is 0 Å². The van der Waals surface area contributed by atoms with E-state index in [-0.39, 0.29) is 0 Å². The van der Waals surface area contributed by atoms with E-state index in [4.69, 9.17) is 0 Å². The van der Waals surface area contributed by atoms with Crippen molar-refractivity contribution in [2.75, 3.05) is 0 Å².